The minimum Gasteiger partial charge on any atom is -0.396 e. The lowest BCUT2D eigenvalue weighted by Crippen LogP contribution is -2.56. The molecule has 0 aromatic rings. The lowest BCUT2D eigenvalue weighted by Gasteiger charge is -2.34. The van der Waals surface area contributed by atoms with Gasteiger partial charge in [0.05, 0.1) is 12.5 Å². The van der Waals surface area contributed by atoms with Crippen LogP contribution in [-0.4, -0.2) is 41.9 Å². The minimum atomic E-state index is -3.15. The van der Waals surface area contributed by atoms with E-state index < -0.39 is 24.6 Å². The molecule has 1 saturated heterocycles. The Bertz CT molecular complexity index is 143. The molecule has 1 aliphatic rings. The van der Waals surface area contributed by atoms with E-state index in [1.54, 1.807) is 0 Å². The van der Waals surface area contributed by atoms with Crippen LogP contribution in [0.4, 0.5) is 8.78 Å². The first kappa shape index (κ1) is 8.83. The maximum atomic E-state index is 12.8. The smallest absolute Gasteiger partial charge is 0.280 e. The topological polar surface area (TPSA) is 52.5 Å². The Hall–Kier alpha value is -0.260. The predicted octanol–water partition coefficient (Wildman–Crippen LogP) is -0.806. The van der Waals surface area contributed by atoms with Crippen LogP contribution in [-0.2, 0) is 0 Å². The molecule has 0 radical (unpaired) electrons. The Labute approximate surface area is 63.0 Å². The van der Waals surface area contributed by atoms with Gasteiger partial charge in [-0.3, -0.25) is 0 Å². The van der Waals surface area contributed by atoms with Crippen LogP contribution >= 0.6 is 0 Å². The summed E-state index contributed by atoms with van der Waals surface area (Å²) >= 11 is 0. The van der Waals surface area contributed by atoms with Crippen LogP contribution in [0.3, 0.4) is 0 Å². The highest BCUT2D eigenvalue weighted by molar-refractivity contribution is 4.90. The van der Waals surface area contributed by atoms with E-state index >= 15 is 0 Å². The number of piperidine rings is 1. The summed E-state index contributed by atoms with van der Waals surface area (Å²) in [6.45, 7) is -0.652. The predicted molar refractivity (Wildman–Crippen MR) is 34.4 cm³/mol. The molecule has 11 heavy (non-hydrogen) atoms. The number of aliphatic hydroxyl groups is 2. The van der Waals surface area contributed by atoms with E-state index in [9.17, 15) is 8.78 Å². The zero-order valence-electron chi connectivity index (χ0n) is 5.93. The van der Waals surface area contributed by atoms with Gasteiger partial charge in [0.15, 0.2) is 0 Å². The van der Waals surface area contributed by atoms with Crippen molar-refractivity contribution in [2.75, 3.05) is 19.7 Å². The molecule has 0 saturated carbocycles. The van der Waals surface area contributed by atoms with E-state index in [-0.39, 0.29) is 13.1 Å². The van der Waals surface area contributed by atoms with E-state index in [4.69, 9.17) is 10.2 Å². The Morgan fingerprint density at radius 1 is 1.45 bits per heavy atom. The van der Waals surface area contributed by atoms with Gasteiger partial charge in [0, 0.05) is 13.1 Å². The highest BCUT2D eigenvalue weighted by Gasteiger charge is 2.48. The summed E-state index contributed by atoms with van der Waals surface area (Å²) < 4.78 is 25.6. The van der Waals surface area contributed by atoms with Gasteiger partial charge in [-0.1, -0.05) is 0 Å². The maximum absolute atomic E-state index is 12.8. The van der Waals surface area contributed by atoms with Crippen molar-refractivity contribution < 1.29 is 19.0 Å². The summed E-state index contributed by atoms with van der Waals surface area (Å²) in [6, 6.07) is 0. The minimum absolute atomic E-state index is 0.0561. The second kappa shape index (κ2) is 3.00. The van der Waals surface area contributed by atoms with Crippen molar-refractivity contribution in [1.82, 2.24) is 5.32 Å². The monoisotopic (exact) mass is 167 g/mol. The Morgan fingerprint density at radius 3 is 2.55 bits per heavy atom. The van der Waals surface area contributed by atoms with Crippen LogP contribution in [0, 0.1) is 5.92 Å². The van der Waals surface area contributed by atoms with Gasteiger partial charge in [-0.15, -0.1) is 0 Å². The second-order valence-electron chi connectivity index (χ2n) is 2.73. The second-order valence-corrected chi connectivity index (χ2v) is 2.73. The van der Waals surface area contributed by atoms with Gasteiger partial charge < -0.3 is 15.5 Å². The number of aliphatic hydroxyl groups excluding tert-OH is 2. The number of alkyl halides is 2. The molecule has 3 nitrogen and oxygen atoms in total. The highest BCUT2D eigenvalue weighted by atomic mass is 19.3. The largest absolute Gasteiger partial charge is 0.396 e. The van der Waals surface area contributed by atoms with Gasteiger partial charge in [0.2, 0.25) is 0 Å². The van der Waals surface area contributed by atoms with Gasteiger partial charge in [0.25, 0.3) is 5.92 Å². The normalized spacial score (nSPS) is 37.1. The zero-order chi connectivity index (χ0) is 8.48. The molecule has 66 valence electrons. The van der Waals surface area contributed by atoms with Crippen LogP contribution in [0.25, 0.3) is 0 Å². The van der Waals surface area contributed by atoms with E-state index in [1.165, 1.54) is 0 Å². The van der Waals surface area contributed by atoms with E-state index in [2.05, 4.69) is 5.32 Å². The van der Waals surface area contributed by atoms with Gasteiger partial charge >= 0.3 is 0 Å². The lowest BCUT2D eigenvalue weighted by atomic mass is 9.94. The molecular weight excluding hydrogens is 156 g/mol. The molecule has 0 bridgehead atoms. The molecular formula is C6H11F2NO2. The molecule has 5 heteroatoms. The van der Waals surface area contributed by atoms with Gasteiger partial charge in [0.1, 0.15) is 6.10 Å². The summed E-state index contributed by atoms with van der Waals surface area (Å²) in [4.78, 5) is 0. The van der Waals surface area contributed by atoms with Crippen molar-refractivity contribution >= 4 is 0 Å². The molecule has 2 atom stereocenters. The number of β-amino-alcohol motifs (C(OH)–C–C–N with tert-alkyl or cyclic N) is 1. The highest BCUT2D eigenvalue weighted by Crippen LogP contribution is 2.30. The number of nitrogens with one attached hydrogen (secondary N) is 1. The van der Waals surface area contributed by atoms with Crippen molar-refractivity contribution in [1.29, 1.82) is 0 Å². The van der Waals surface area contributed by atoms with Crippen molar-refractivity contribution in [2.24, 2.45) is 5.92 Å². The van der Waals surface area contributed by atoms with Crippen molar-refractivity contribution in [2.45, 2.75) is 12.0 Å². The molecule has 1 rings (SSSR count). The van der Waals surface area contributed by atoms with E-state index in [1.807, 2.05) is 0 Å². The number of rotatable bonds is 1. The molecule has 0 amide bonds. The summed E-state index contributed by atoms with van der Waals surface area (Å²) in [5.41, 5.74) is 0. The first-order valence-electron chi connectivity index (χ1n) is 3.46. The van der Waals surface area contributed by atoms with Gasteiger partial charge in [-0.25, -0.2) is 8.78 Å². The van der Waals surface area contributed by atoms with Crippen LogP contribution in [0.15, 0.2) is 0 Å². The average molecular weight is 167 g/mol. The Morgan fingerprint density at radius 2 is 2.09 bits per heavy atom. The molecule has 0 aromatic heterocycles. The SMILES string of the molecule is OCC1CNCC(O)C1(F)F. The van der Waals surface area contributed by atoms with Crippen LogP contribution in [0.2, 0.25) is 0 Å². The third-order valence-electron chi connectivity index (χ3n) is 1.94. The standard InChI is InChI=1S/C6H11F2NO2/c7-6(8)4(3-10)1-9-2-5(6)11/h4-5,9-11H,1-3H2. The molecule has 0 aliphatic carbocycles. The summed E-state index contributed by atoms with van der Waals surface area (Å²) in [5.74, 6) is -4.31. The lowest BCUT2D eigenvalue weighted by molar-refractivity contribution is -0.168. The third kappa shape index (κ3) is 1.50. The molecule has 1 heterocycles. The first-order chi connectivity index (χ1) is 5.09. The maximum Gasteiger partial charge on any atom is 0.280 e. The molecule has 1 fully saturated rings. The molecule has 3 N–H and O–H groups in total. The molecule has 0 aromatic carbocycles. The van der Waals surface area contributed by atoms with Crippen LogP contribution in [0.5, 0.6) is 0 Å². The van der Waals surface area contributed by atoms with Crippen LogP contribution < -0.4 is 5.32 Å². The fourth-order valence-corrected chi connectivity index (χ4v) is 1.12. The van der Waals surface area contributed by atoms with E-state index in [0.717, 1.165) is 0 Å². The molecule has 2 unspecified atom stereocenters. The third-order valence-corrected chi connectivity index (χ3v) is 1.94. The Balaban J connectivity index is 2.64. The van der Waals surface area contributed by atoms with Crippen molar-refractivity contribution in [3.05, 3.63) is 0 Å². The van der Waals surface area contributed by atoms with Crippen molar-refractivity contribution in [3.63, 3.8) is 0 Å². The summed E-state index contributed by atoms with van der Waals surface area (Å²) in [7, 11) is 0. The van der Waals surface area contributed by atoms with Gasteiger partial charge in [-0.05, 0) is 0 Å². The molecule has 1 aliphatic heterocycles. The summed E-state index contributed by atoms with van der Waals surface area (Å²) in [6.07, 6.45) is -1.67. The number of halogens is 2. The fourth-order valence-electron chi connectivity index (χ4n) is 1.12. The fraction of sp³-hybridized carbons (Fsp3) is 1.00. The van der Waals surface area contributed by atoms with Crippen molar-refractivity contribution in [3.8, 4) is 0 Å². The first-order valence-corrected chi connectivity index (χ1v) is 3.46. The average Bonchev–Trinajstić information content (AvgIpc) is 1.95. The Kier molecular flexibility index (Phi) is 2.41. The number of hydrogen-bond acceptors (Lipinski definition) is 3. The molecule has 0 spiro atoms. The summed E-state index contributed by atoms with van der Waals surface area (Å²) in [5, 5.41) is 19.9. The zero-order valence-corrected chi connectivity index (χ0v) is 5.93. The van der Waals surface area contributed by atoms with Crippen LogP contribution in [0.1, 0.15) is 0 Å². The van der Waals surface area contributed by atoms with E-state index in [0.29, 0.717) is 0 Å². The van der Waals surface area contributed by atoms with Gasteiger partial charge in [-0.2, -0.15) is 0 Å². The number of hydrogen-bond donors (Lipinski definition) is 3. The quantitative estimate of drug-likeness (QED) is 0.479.